The van der Waals surface area contributed by atoms with Gasteiger partial charge in [0.15, 0.2) is 0 Å². The minimum absolute atomic E-state index is 0.157. The lowest BCUT2D eigenvalue weighted by atomic mass is 9.93. The van der Waals surface area contributed by atoms with E-state index in [0.29, 0.717) is 5.91 Å². The summed E-state index contributed by atoms with van der Waals surface area (Å²) >= 11 is 0. The van der Waals surface area contributed by atoms with Crippen molar-refractivity contribution in [1.82, 2.24) is 9.80 Å². The zero-order valence-electron chi connectivity index (χ0n) is 14.9. The number of hydrogen-bond acceptors (Lipinski definition) is 3. The zero-order valence-corrected chi connectivity index (χ0v) is 14.9. The molecule has 4 nitrogen and oxygen atoms in total. The lowest BCUT2D eigenvalue weighted by molar-refractivity contribution is -0.136. The second-order valence-corrected chi connectivity index (χ2v) is 7.34. The van der Waals surface area contributed by atoms with Crippen molar-refractivity contribution in [2.24, 2.45) is 5.92 Å². The third-order valence-corrected chi connectivity index (χ3v) is 5.74. The standard InChI is InChI=1S/C20H30N2O2/c1-3-4-11-21(2)20(24)15-9-12-22(13-10-15)18-14-16-7-5-6-8-17(16)19(18)23/h5-8,15,18-19,23H,3-4,9-14H2,1-2H3. The van der Waals surface area contributed by atoms with Crippen LogP contribution in [0.15, 0.2) is 24.3 Å². The average molecular weight is 330 g/mol. The van der Waals surface area contributed by atoms with Gasteiger partial charge >= 0.3 is 0 Å². The molecule has 132 valence electrons. The van der Waals surface area contributed by atoms with Crippen LogP contribution in [0.2, 0.25) is 0 Å². The van der Waals surface area contributed by atoms with Gasteiger partial charge in [0.2, 0.25) is 5.91 Å². The summed E-state index contributed by atoms with van der Waals surface area (Å²) in [6.45, 7) is 4.84. The highest BCUT2D eigenvalue weighted by Gasteiger charge is 2.37. The van der Waals surface area contributed by atoms with Crippen LogP contribution in [0, 0.1) is 5.92 Å². The molecule has 0 aromatic heterocycles. The molecular weight excluding hydrogens is 300 g/mol. The minimum atomic E-state index is -0.388. The van der Waals surface area contributed by atoms with E-state index in [4.69, 9.17) is 0 Å². The van der Waals surface area contributed by atoms with Gasteiger partial charge in [0, 0.05) is 25.6 Å². The van der Waals surface area contributed by atoms with Crippen molar-refractivity contribution in [2.45, 2.75) is 51.2 Å². The Bertz CT molecular complexity index is 567. The Labute approximate surface area is 145 Å². The van der Waals surface area contributed by atoms with Crippen LogP contribution in [0.3, 0.4) is 0 Å². The number of aliphatic hydroxyl groups is 1. The van der Waals surface area contributed by atoms with Crippen LogP contribution >= 0.6 is 0 Å². The maximum absolute atomic E-state index is 12.5. The number of unbranched alkanes of at least 4 members (excludes halogenated alkanes) is 1. The molecule has 2 aliphatic rings. The summed E-state index contributed by atoms with van der Waals surface area (Å²) in [6, 6.07) is 8.39. The van der Waals surface area contributed by atoms with Crippen molar-refractivity contribution in [2.75, 3.05) is 26.7 Å². The van der Waals surface area contributed by atoms with Crippen molar-refractivity contribution in [3.05, 3.63) is 35.4 Å². The zero-order chi connectivity index (χ0) is 17.1. The lowest BCUT2D eigenvalue weighted by Crippen LogP contribution is -2.46. The molecule has 1 fully saturated rings. The number of likely N-dealkylation sites (tertiary alicyclic amines) is 1. The van der Waals surface area contributed by atoms with Crippen molar-refractivity contribution in [3.63, 3.8) is 0 Å². The number of piperidine rings is 1. The molecule has 2 atom stereocenters. The van der Waals surface area contributed by atoms with Gasteiger partial charge in [-0.05, 0) is 49.9 Å². The Morgan fingerprint density at radius 1 is 1.29 bits per heavy atom. The number of amides is 1. The van der Waals surface area contributed by atoms with E-state index in [2.05, 4.69) is 17.9 Å². The number of nitrogens with zero attached hydrogens (tertiary/aromatic N) is 2. The summed E-state index contributed by atoms with van der Waals surface area (Å²) in [5, 5.41) is 10.6. The van der Waals surface area contributed by atoms with E-state index < -0.39 is 0 Å². The fraction of sp³-hybridized carbons (Fsp3) is 0.650. The smallest absolute Gasteiger partial charge is 0.225 e. The molecule has 1 N–H and O–H groups in total. The number of carbonyl (C=O) groups is 1. The van der Waals surface area contributed by atoms with Gasteiger partial charge in [-0.25, -0.2) is 0 Å². The highest BCUT2D eigenvalue weighted by Crippen LogP contribution is 2.36. The molecule has 1 heterocycles. The molecule has 4 heteroatoms. The van der Waals surface area contributed by atoms with Gasteiger partial charge < -0.3 is 10.0 Å². The molecular formula is C20H30N2O2. The summed E-state index contributed by atoms with van der Waals surface area (Å²) in [5.41, 5.74) is 2.35. The minimum Gasteiger partial charge on any atom is -0.387 e. The second-order valence-electron chi connectivity index (χ2n) is 7.34. The predicted octanol–water partition coefficient (Wildman–Crippen LogP) is 2.62. The molecule has 24 heavy (non-hydrogen) atoms. The number of carbonyl (C=O) groups excluding carboxylic acids is 1. The summed E-state index contributed by atoms with van der Waals surface area (Å²) < 4.78 is 0. The monoisotopic (exact) mass is 330 g/mol. The fourth-order valence-electron chi connectivity index (χ4n) is 4.18. The summed E-state index contributed by atoms with van der Waals surface area (Å²) in [6.07, 6.45) is 4.56. The van der Waals surface area contributed by atoms with Crippen LogP contribution in [-0.2, 0) is 11.2 Å². The molecule has 0 radical (unpaired) electrons. The van der Waals surface area contributed by atoms with E-state index >= 15 is 0 Å². The Morgan fingerprint density at radius 2 is 2.00 bits per heavy atom. The van der Waals surface area contributed by atoms with Crippen LogP contribution in [0.25, 0.3) is 0 Å². The molecule has 0 saturated carbocycles. The second kappa shape index (κ2) is 7.66. The first kappa shape index (κ1) is 17.4. The summed E-state index contributed by atoms with van der Waals surface area (Å²) in [4.78, 5) is 16.8. The van der Waals surface area contributed by atoms with E-state index in [9.17, 15) is 9.90 Å². The molecule has 1 aromatic carbocycles. The van der Waals surface area contributed by atoms with Gasteiger partial charge in [-0.1, -0.05) is 37.6 Å². The third-order valence-electron chi connectivity index (χ3n) is 5.74. The van der Waals surface area contributed by atoms with E-state index in [-0.39, 0.29) is 18.1 Å². The summed E-state index contributed by atoms with van der Waals surface area (Å²) in [5.74, 6) is 0.461. The molecule has 1 amide bonds. The Morgan fingerprint density at radius 3 is 2.67 bits per heavy atom. The molecule has 1 saturated heterocycles. The van der Waals surface area contributed by atoms with Crippen LogP contribution < -0.4 is 0 Å². The van der Waals surface area contributed by atoms with E-state index in [1.807, 2.05) is 30.1 Å². The van der Waals surface area contributed by atoms with Gasteiger partial charge in [-0.15, -0.1) is 0 Å². The largest absolute Gasteiger partial charge is 0.387 e. The maximum Gasteiger partial charge on any atom is 0.225 e. The number of fused-ring (bicyclic) bond motifs is 1. The molecule has 1 aromatic rings. The van der Waals surface area contributed by atoms with Crippen molar-refractivity contribution in [1.29, 1.82) is 0 Å². The maximum atomic E-state index is 12.5. The predicted molar refractivity (Wildman–Crippen MR) is 95.7 cm³/mol. The number of rotatable bonds is 5. The number of hydrogen-bond donors (Lipinski definition) is 1. The van der Waals surface area contributed by atoms with Crippen LogP contribution in [0.1, 0.15) is 49.8 Å². The quantitative estimate of drug-likeness (QED) is 0.902. The van der Waals surface area contributed by atoms with Crippen molar-refractivity contribution < 1.29 is 9.90 Å². The summed E-state index contributed by atoms with van der Waals surface area (Å²) in [7, 11) is 1.93. The number of benzene rings is 1. The van der Waals surface area contributed by atoms with E-state index in [0.717, 1.165) is 57.3 Å². The molecule has 2 unspecified atom stereocenters. The molecule has 0 bridgehead atoms. The first-order valence-corrected chi connectivity index (χ1v) is 9.36. The van der Waals surface area contributed by atoms with E-state index in [1.165, 1.54) is 5.56 Å². The van der Waals surface area contributed by atoms with Crippen LogP contribution in [0.4, 0.5) is 0 Å². The Hall–Kier alpha value is -1.39. The third kappa shape index (κ3) is 3.50. The van der Waals surface area contributed by atoms with Gasteiger partial charge in [0.05, 0.1) is 6.10 Å². The first-order valence-electron chi connectivity index (χ1n) is 9.36. The molecule has 1 aliphatic heterocycles. The van der Waals surface area contributed by atoms with Gasteiger partial charge in [-0.3, -0.25) is 9.69 Å². The number of aliphatic hydroxyl groups excluding tert-OH is 1. The highest BCUT2D eigenvalue weighted by atomic mass is 16.3. The topological polar surface area (TPSA) is 43.8 Å². The van der Waals surface area contributed by atoms with Crippen LogP contribution in [-0.4, -0.2) is 53.5 Å². The van der Waals surface area contributed by atoms with Gasteiger partial charge in [0.25, 0.3) is 0 Å². The lowest BCUT2D eigenvalue weighted by Gasteiger charge is -2.37. The SMILES string of the molecule is CCCCN(C)C(=O)C1CCN(C2Cc3ccccc3C2O)CC1. The van der Waals surface area contributed by atoms with Crippen molar-refractivity contribution >= 4 is 5.91 Å². The van der Waals surface area contributed by atoms with E-state index in [1.54, 1.807) is 0 Å². The normalized spacial score (nSPS) is 24.8. The fourth-order valence-corrected chi connectivity index (χ4v) is 4.18. The highest BCUT2D eigenvalue weighted by molar-refractivity contribution is 5.78. The average Bonchev–Trinajstić information content (AvgIpc) is 2.96. The molecule has 1 aliphatic carbocycles. The molecule has 0 spiro atoms. The van der Waals surface area contributed by atoms with Crippen LogP contribution in [0.5, 0.6) is 0 Å². The first-order chi connectivity index (χ1) is 11.6. The Kier molecular flexibility index (Phi) is 5.57. The van der Waals surface area contributed by atoms with Gasteiger partial charge in [-0.2, -0.15) is 0 Å². The Balaban J connectivity index is 1.54. The van der Waals surface area contributed by atoms with Gasteiger partial charge in [0.1, 0.15) is 0 Å². The van der Waals surface area contributed by atoms with Crippen molar-refractivity contribution in [3.8, 4) is 0 Å². The molecule has 3 rings (SSSR count).